The molecule has 1 aromatic heterocycles. The van der Waals surface area contributed by atoms with Crippen molar-refractivity contribution in [2.45, 2.75) is 19.8 Å². The van der Waals surface area contributed by atoms with Gasteiger partial charge in [0.1, 0.15) is 12.0 Å². The lowest BCUT2D eigenvalue weighted by molar-refractivity contribution is 0.282. The van der Waals surface area contributed by atoms with Crippen LogP contribution in [0.4, 0.5) is 5.69 Å². The van der Waals surface area contributed by atoms with Gasteiger partial charge in [-0.05, 0) is 18.8 Å². The van der Waals surface area contributed by atoms with E-state index < -0.39 is 10.2 Å². The standard InChI is InChI=1S/C10H14Cl2N4O2S/c1-7-3-2-4-16(5-7)19(17,18)15-8-9(11)13-6-14-10(8)12/h6-7,15H,2-5H2,1H3. The van der Waals surface area contributed by atoms with Crippen LogP contribution in [-0.2, 0) is 10.2 Å². The highest BCUT2D eigenvalue weighted by Gasteiger charge is 2.28. The molecule has 106 valence electrons. The number of halogens is 2. The molecule has 6 nitrogen and oxygen atoms in total. The summed E-state index contributed by atoms with van der Waals surface area (Å²) in [6, 6.07) is 0. The van der Waals surface area contributed by atoms with Crippen molar-refractivity contribution >= 4 is 39.1 Å². The molecule has 0 radical (unpaired) electrons. The van der Waals surface area contributed by atoms with E-state index in [1.807, 2.05) is 6.92 Å². The second-order valence-electron chi connectivity index (χ2n) is 4.54. The molecule has 0 aromatic carbocycles. The molecule has 1 saturated heterocycles. The van der Waals surface area contributed by atoms with Crippen molar-refractivity contribution in [2.24, 2.45) is 5.92 Å². The Morgan fingerprint density at radius 1 is 1.37 bits per heavy atom. The van der Waals surface area contributed by atoms with Crippen molar-refractivity contribution in [1.29, 1.82) is 0 Å². The molecule has 1 aliphatic heterocycles. The maximum atomic E-state index is 12.2. The fraction of sp³-hybridized carbons (Fsp3) is 0.600. The van der Waals surface area contributed by atoms with E-state index in [0.29, 0.717) is 19.0 Å². The molecular formula is C10H14Cl2N4O2S. The van der Waals surface area contributed by atoms with Crippen LogP contribution < -0.4 is 4.72 Å². The molecule has 0 amide bonds. The smallest absolute Gasteiger partial charge is 0.265 e. The van der Waals surface area contributed by atoms with Gasteiger partial charge >= 0.3 is 10.2 Å². The number of piperidine rings is 1. The summed E-state index contributed by atoms with van der Waals surface area (Å²) < 4.78 is 28.2. The maximum Gasteiger partial charge on any atom is 0.301 e. The summed E-state index contributed by atoms with van der Waals surface area (Å²) in [7, 11) is -3.68. The molecular weight excluding hydrogens is 311 g/mol. The summed E-state index contributed by atoms with van der Waals surface area (Å²) in [5.41, 5.74) is 0.0176. The van der Waals surface area contributed by atoms with Crippen LogP contribution in [0, 0.1) is 5.92 Å². The molecule has 0 aliphatic carbocycles. The first-order chi connectivity index (χ1) is 8.90. The highest BCUT2D eigenvalue weighted by atomic mass is 35.5. The molecule has 2 heterocycles. The molecule has 1 unspecified atom stereocenters. The Labute approximate surface area is 122 Å². The molecule has 1 aliphatic rings. The van der Waals surface area contributed by atoms with E-state index in [2.05, 4.69) is 14.7 Å². The topological polar surface area (TPSA) is 75.2 Å². The maximum absolute atomic E-state index is 12.2. The van der Waals surface area contributed by atoms with Gasteiger partial charge in [0, 0.05) is 13.1 Å². The van der Waals surface area contributed by atoms with E-state index >= 15 is 0 Å². The van der Waals surface area contributed by atoms with Gasteiger partial charge in [0.15, 0.2) is 10.3 Å². The zero-order valence-electron chi connectivity index (χ0n) is 10.3. The second-order valence-corrected chi connectivity index (χ2v) is 6.93. The molecule has 2 rings (SSSR count). The third kappa shape index (κ3) is 3.47. The average molecular weight is 325 g/mol. The molecule has 1 N–H and O–H groups in total. The molecule has 0 saturated carbocycles. The molecule has 9 heteroatoms. The highest BCUT2D eigenvalue weighted by molar-refractivity contribution is 7.90. The Hall–Kier alpha value is -0.630. The van der Waals surface area contributed by atoms with Crippen molar-refractivity contribution in [3.05, 3.63) is 16.6 Å². The summed E-state index contributed by atoms with van der Waals surface area (Å²) in [5.74, 6) is 0.336. The van der Waals surface area contributed by atoms with Gasteiger partial charge in [-0.25, -0.2) is 9.97 Å². The van der Waals surface area contributed by atoms with Crippen LogP contribution in [0.2, 0.25) is 10.3 Å². The lowest BCUT2D eigenvalue weighted by Gasteiger charge is -2.30. The van der Waals surface area contributed by atoms with Gasteiger partial charge in [-0.1, -0.05) is 30.1 Å². The molecule has 1 aromatic rings. The predicted octanol–water partition coefficient (Wildman–Crippen LogP) is 2.17. The van der Waals surface area contributed by atoms with Crippen molar-refractivity contribution < 1.29 is 8.42 Å². The predicted molar refractivity (Wildman–Crippen MR) is 74.6 cm³/mol. The van der Waals surface area contributed by atoms with Crippen LogP contribution in [0.15, 0.2) is 6.33 Å². The normalized spacial score (nSPS) is 21.3. The molecule has 0 bridgehead atoms. The third-order valence-electron chi connectivity index (χ3n) is 2.95. The lowest BCUT2D eigenvalue weighted by atomic mass is 10.0. The van der Waals surface area contributed by atoms with E-state index in [4.69, 9.17) is 23.2 Å². The van der Waals surface area contributed by atoms with Crippen molar-refractivity contribution in [2.75, 3.05) is 17.8 Å². The third-order valence-corrected chi connectivity index (χ3v) is 4.99. The highest BCUT2D eigenvalue weighted by Crippen LogP contribution is 2.28. The van der Waals surface area contributed by atoms with Gasteiger partial charge in [0.2, 0.25) is 0 Å². The largest absolute Gasteiger partial charge is 0.301 e. The van der Waals surface area contributed by atoms with Gasteiger partial charge in [0.25, 0.3) is 0 Å². The second kappa shape index (κ2) is 5.78. The van der Waals surface area contributed by atoms with Crippen LogP contribution >= 0.6 is 23.2 Å². The Morgan fingerprint density at radius 2 is 2.00 bits per heavy atom. The van der Waals surface area contributed by atoms with Gasteiger partial charge in [0.05, 0.1) is 0 Å². The van der Waals surface area contributed by atoms with Gasteiger partial charge in [-0.2, -0.15) is 12.7 Å². The number of nitrogens with one attached hydrogen (secondary N) is 1. The van der Waals surface area contributed by atoms with E-state index in [0.717, 1.165) is 12.8 Å². The van der Waals surface area contributed by atoms with Crippen molar-refractivity contribution in [1.82, 2.24) is 14.3 Å². The number of nitrogens with zero attached hydrogens (tertiary/aromatic N) is 3. The summed E-state index contributed by atoms with van der Waals surface area (Å²) >= 11 is 11.6. The zero-order valence-corrected chi connectivity index (χ0v) is 12.6. The first-order valence-corrected chi connectivity index (χ1v) is 8.03. The number of hydrogen-bond donors (Lipinski definition) is 1. The minimum absolute atomic E-state index is 0.0176. The number of aromatic nitrogens is 2. The first kappa shape index (κ1) is 14.8. The minimum atomic E-state index is -3.68. The summed E-state index contributed by atoms with van der Waals surface area (Å²) in [6.45, 7) is 2.99. The Balaban J connectivity index is 2.21. The van der Waals surface area contributed by atoms with Crippen LogP contribution in [0.3, 0.4) is 0 Å². The Morgan fingerprint density at radius 3 is 2.58 bits per heavy atom. The Kier molecular flexibility index (Phi) is 4.50. The first-order valence-electron chi connectivity index (χ1n) is 5.84. The van der Waals surface area contributed by atoms with Gasteiger partial charge in [-0.15, -0.1) is 0 Å². The monoisotopic (exact) mass is 324 g/mol. The molecule has 19 heavy (non-hydrogen) atoms. The number of rotatable bonds is 3. The van der Waals surface area contributed by atoms with E-state index in [1.165, 1.54) is 10.6 Å². The summed E-state index contributed by atoms with van der Waals surface area (Å²) in [6.07, 6.45) is 3.04. The van der Waals surface area contributed by atoms with Crippen LogP contribution in [0.5, 0.6) is 0 Å². The van der Waals surface area contributed by atoms with Crippen LogP contribution in [0.1, 0.15) is 19.8 Å². The minimum Gasteiger partial charge on any atom is -0.265 e. The summed E-state index contributed by atoms with van der Waals surface area (Å²) in [4.78, 5) is 7.42. The van der Waals surface area contributed by atoms with Crippen molar-refractivity contribution in [3.8, 4) is 0 Å². The Bertz CT molecular complexity index is 546. The molecule has 1 atom stereocenters. The van der Waals surface area contributed by atoms with E-state index in [1.54, 1.807) is 0 Å². The molecule has 0 spiro atoms. The average Bonchev–Trinajstić information content (AvgIpc) is 2.34. The van der Waals surface area contributed by atoms with Crippen LogP contribution in [0.25, 0.3) is 0 Å². The van der Waals surface area contributed by atoms with Gasteiger partial charge < -0.3 is 0 Å². The van der Waals surface area contributed by atoms with Crippen molar-refractivity contribution in [3.63, 3.8) is 0 Å². The van der Waals surface area contributed by atoms with E-state index in [9.17, 15) is 8.42 Å². The number of hydrogen-bond acceptors (Lipinski definition) is 4. The molecule has 1 fully saturated rings. The summed E-state index contributed by atoms with van der Waals surface area (Å²) in [5, 5.41) is -0.0396. The quantitative estimate of drug-likeness (QED) is 0.864. The fourth-order valence-corrected chi connectivity index (χ4v) is 3.91. The fourth-order valence-electron chi connectivity index (χ4n) is 1.99. The lowest BCUT2D eigenvalue weighted by Crippen LogP contribution is -2.42. The van der Waals surface area contributed by atoms with E-state index in [-0.39, 0.29) is 16.0 Å². The SMILES string of the molecule is CC1CCCN(S(=O)(=O)Nc2c(Cl)ncnc2Cl)C1. The number of anilines is 1. The zero-order chi connectivity index (χ0) is 14.0. The van der Waals surface area contributed by atoms with Gasteiger partial charge in [-0.3, -0.25) is 4.72 Å². The van der Waals surface area contributed by atoms with Crippen LogP contribution in [-0.4, -0.2) is 35.8 Å².